The molecule has 0 aliphatic carbocycles. The van der Waals surface area contributed by atoms with E-state index in [0.717, 1.165) is 22.9 Å². The van der Waals surface area contributed by atoms with Gasteiger partial charge in [0.1, 0.15) is 11.5 Å². The second kappa shape index (κ2) is 6.52. The number of aromatic nitrogens is 5. The number of halogens is 1. The van der Waals surface area contributed by atoms with Crippen LogP contribution in [0.25, 0.3) is 5.69 Å². The van der Waals surface area contributed by atoms with Crippen LogP contribution in [0, 0.1) is 6.92 Å². The first-order chi connectivity index (χ1) is 11.1. The van der Waals surface area contributed by atoms with Crippen molar-refractivity contribution in [3.63, 3.8) is 0 Å². The van der Waals surface area contributed by atoms with Gasteiger partial charge in [-0.25, -0.2) is 9.67 Å². The molecule has 3 rings (SSSR count). The van der Waals surface area contributed by atoms with Gasteiger partial charge in [-0.3, -0.25) is 0 Å². The number of rotatable bonds is 5. The number of benzene rings is 1. The third-order valence-electron chi connectivity index (χ3n) is 3.90. The van der Waals surface area contributed by atoms with Crippen molar-refractivity contribution >= 4 is 11.6 Å². The van der Waals surface area contributed by atoms with E-state index in [1.807, 2.05) is 53.7 Å². The lowest BCUT2D eigenvalue weighted by Gasteiger charge is -2.12. The fraction of sp³-hybridized carbons (Fsp3) is 0.312. The largest absolute Gasteiger partial charge is 0.337 e. The zero-order chi connectivity index (χ0) is 16.4. The Kier molecular flexibility index (Phi) is 4.45. The summed E-state index contributed by atoms with van der Waals surface area (Å²) in [5.74, 6) is 0.986. The summed E-state index contributed by atoms with van der Waals surface area (Å²) < 4.78 is 3.82. The Hall–Kier alpha value is -2.18. The number of hydrogen-bond donors (Lipinski definition) is 1. The van der Waals surface area contributed by atoms with Gasteiger partial charge in [-0.05, 0) is 38.1 Å². The van der Waals surface area contributed by atoms with Crippen molar-refractivity contribution in [3.8, 4) is 5.69 Å². The molecule has 0 bridgehead atoms. The second-order valence-corrected chi connectivity index (χ2v) is 5.94. The monoisotopic (exact) mass is 330 g/mol. The van der Waals surface area contributed by atoms with Crippen LogP contribution in [-0.2, 0) is 13.6 Å². The number of imidazole rings is 1. The zero-order valence-electron chi connectivity index (χ0n) is 13.4. The van der Waals surface area contributed by atoms with Gasteiger partial charge in [0.25, 0.3) is 0 Å². The van der Waals surface area contributed by atoms with Gasteiger partial charge in [0, 0.05) is 24.5 Å². The van der Waals surface area contributed by atoms with E-state index in [1.165, 1.54) is 0 Å². The van der Waals surface area contributed by atoms with Gasteiger partial charge < -0.3 is 9.88 Å². The molecule has 1 N–H and O–H groups in total. The minimum absolute atomic E-state index is 0.0766. The number of hydrogen-bond acceptors (Lipinski definition) is 4. The Morgan fingerprint density at radius 2 is 2.00 bits per heavy atom. The maximum atomic E-state index is 5.93. The molecule has 6 nitrogen and oxygen atoms in total. The normalized spacial score (nSPS) is 12.5. The summed E-state index contributed by atoms with van der Waals surface area (Å²) in [5.41, 5.74) is 2.88. The summed E-state index contributed by atoms with van der Waals surface area (Å²) in [6, 6.07) is 7.63. The Labute approximate surface area is 140 Å². The molecule has 0 saturated heterocycles. The highest BCUT2D eigenvalue weighted by Gasteiger charge is 2.16. The number of nitrogens with one attached hydrogen (secondary N) is 1. The van der Waals surface area contributed by atoms with E-state index >= 15 is 0 Å². The summed E-state index contributed by atoms with van der Waals surface area (Å²) in [4.78, 5) is 4.31. The van der Waals surface area contributed by atoms with E-state index in [9.17, 15) is 0 Å². The van der Waals surface area contributed by atoms with Crippen molar-refractivity contribution in [2.75, 3.05) is 0 Å². The van der Waals surface area contributed by atoms with Crippen molar-refractivity contribution in [1.29, 1.82) is 0 Å². The third-order valence-corrected chi connectivity index (χ3v) is 4.15. The highest BCUT2D eigenvalue weighted by molar-refractivity contribution is 6.30. The van der Waals surface area contributed by atoms with E-state index in [4.69, 9.17) is 11.6 Å². The predicted octanol–water partition coefficient (Wildman–Crippen LogP) is 2.81. The highest BCUT2D eigenvalue weighted by atomic mass is 35.5. The lowest BCUT2D eigenvalue weighted by Crippen LogP contribution is -2.21. The van der Waals surface area contributed by atoms with Crippen LogP contribution in [0.2, 0.25) is 5.02 Å². The van der Waals surface area contributed by atoms with Crippen LogP contribution in [0.15, 0.2) is 36.7 Å². The number of aryl methyl sites for hydroxylation is 1. The molecule has 0 amide bonds. The van der Waals surface area contributed by atoms with Crippen LogP contribution in [0.5, 0.6) is 0 Å². The van der Waals surface area contributed by atoms with Crippen LogP contribution in [-0.4, -0.2) is 24.5 Å². The van der Waals surface area contributed by atoms with E-state index in [2.05, 4.69) is 27.5 Å². The first-order valence-corrected chi connectivity index (χ1v) is 7.82. The van der Waals surface area contributed by atoms with Crippen molar-refractivity contribution in [1.82, 2.24) is 29.9 Å². The van der Waals surface area contributed by atoms with Gasteiger partial charge in [-0.2, -0.15) is 0 Å². The van der Waals surface area contributed by atoms with Crippen molar-refractivity contribution in [2.24, 2.45) is 7.05 Å². The Morgan fingerprint density at radius 1 is 1.26 bits per heavy atom. The fourth-order valence-electron chi connectivity index (χ4n) is 2.48. The molecular weight excluding hydrogens is 312 g/mol. The van der Waals surface area contributed by atoms with E-state index in [1.54, 1.807) is 6.20 Å². The average molecular weight is 331 g/mol. The quantitative estimate of drug-likeness (QED) is 0.781. The molecule has 0 fully saturated rings. The maximum absolute atomic E-state index is 5.93. The van der Waals surface area contributed by atoms with Gasteiger partial charge in [0.15, 0.2) is 0 Å². The van der Waals surface area contributed by atoms with Gasteiger partial charge in [-0.15, -0.1) is 5.10 Å². The Morgan fingerprint density at radius 3 is 2.65 bits per heavy atom. The van der Waals surface area contributed by atoms with Gasteiger partial charge in [0.2, 0.25) is 0 Å². The molecular formula is C16H19ClN6. The van der Waals surface area contributed by atoms with Gasteiger partial charge >= 0.3 is 0 Å². The molecule has 7 heteroatoms. The molecule has 0 radical (unpaired) electrons. The topological polar surface area (TPSA) is 60.6 Å². The Balaban J connectivity index is 1.75. The molecule has 3 aromatic rings. The first kappa shape index (κ1) is 15.7. The predicted molar refractivity (Wildman–Crippen MR) is 89.6 cm³/mol. The molecule has 2 heterocycles. The third kappa shape index (κ3) is 3.28. The second-order valence-electron chi connectivity index (χ2n) is 5.51. The molecule has 2 aromatic heterocycles. The van der Waals surface area contributed by atoms with Crippen LogP contribution < -0.4 is 5.32 Å². The molecule has 1 aromatic carbocycles. The van der Waals surface area contributed by atoms with Gasteiger partial charge in [0.05, 0.1) is 24.0 Å². The average Bonchev–Trinajstić information content (AvgIpc) is 3.12. The van der Waals surface area contributed by atoms with Crippen molar-refractivity contribution in [2.45, 2.75) is 26.4 Å². The molecule has 0 saturated carbocycles. The highest BCUT2D eigenvalue weighted by Crippen LogP contribution is 2.19. The first-order valence-electron chi connectivity index (χ1n) is 7.44. The van der Waals surface area contributed by atoms with Crippen molar-refractivity contribution in [3.05, 3.63) is 58.9 Å². The van der Waals surface area contributed by atoms with E-state index in [0.29, 0.717) is 11.6 Å². The van der Waals surface area contributed by atoms with E-state index < -0.39 is 0 Å². The van der Waals surface area contributed by atoms with E-state index in [-0.39, 0.29) is 6.04 Å². The fourth-order valence-corrected chi connectivity index (χ4v) is 2.60. The molecule has 23 heavy (non-hydrogen) atoms. The molecule has 1 atom stereocenters. The lowest BCUT2D eigenvalue weighted by molar-refractivity contribution is 0.536. The van der Waals surface area contributed by atoms with Crippen LogP contribution >= 0.6 is 11.6 Å². The minimum Gasteiger partial charge on any atom is -0.337 e. The standard InChI is InChI=1S/C16H19ClN6/c1-11(19-10-15-18-8-9-22(15)3)16-12(2)23(21-20-16)14-6-4-13(17)5-7-14/h4-9,11,19H,10H2,1-3H3. The van der Waals surface area contributed by atoms with Crippen LogP contribution in [0.1, 0.15) is 30.2 Å². The minimum atomic E-state index is 0.0766. The summed E-state index contributed by atoms with van der Waals surface area (Å²) in [7, 11) is 1.98. The summed E-state index contributed by atoms with van der Waals surface area (Å²) >= 11 is 5.93. The van der Waals surface area contributed by atoms with Crippen molar-refractivity contribution < 1.29 is 0 Å². The molecule has 0 aliphatic rings. The Bertz CT molecular complexity index is 789. The number of nitrogens with zero attached hydrogens (tertiary/aromatic N) is 5. The summed E-state index contributed by atoms with van der Waals surface area (Å²) in [6.07, 6.45) is 3.73. The molecule has 120 valence electrons. The maximum Gasteiger partial charge on any atom is 0.122 e. The summed E-state index contributed by atoms with van der Waals surface area (Å²) in [6.45, 7) is 4.77. The van der Waals surface area contributed by atoms with Crippen LogP contribution in [0.3, 0.4) is 0 Å². The smallest absolute Gasteiger partial charge is 0.122 e. The van der Waals surface area contributed by atoms with Gasteiger partial charge in [-0.1, -0.05) is 16.8 Å². The summed E-state index contributed by atoms with van der Waals surface area (Å²) in [5, 5.41) is 12.7. The lowest BCUT2D eigenvalue weighted by atomic mass is 10.2. The molecule has 1 unspecified atom stereocenters. The zero-order valence-corrected chi connectivity index (χ0v) is 14.1. The molecule has 0 spiro atoms. The SMILES string of the molecule is Cc1c(C(C)NCc2nccn2C)nnn1-c1ccc(Cl)cc1. The van der Waals surface area contributed by atoms with Crippen LogP contribution in [0.4, 0.5) is 0 Å². The molecule has 0 aliphatic heterocycles.